The van der Waals surface area contributed by atoms with Crippen molar-refractivity contribution in [2.75, 3.05) is 13.1 Å². The molecule has 8 heteroatoms. The third kappa shape index (κ3) is 3.31. The number of hydrogen-bond acceptors (Lipinski definition) is 4. The van der Waals surface area contributed by atoms with Crippen molar-refractivity contribution in [3.8, 4) is 0 Å². The molecule has 0 unspecified atom stereocenters. The molecule has 0 amide bonds. The van der Waals surface area contributed by atoms with Crippen molar-refractivity contribution in [3.63, 3.8) is 0 Å². The Hall–Kier alpha value is -1.51. The Bertz CT molecular complexity index is 842. The summed E-state index contributed by atoms with van der Waals surface area (Å²) in [5.74, 6) is 0.937. The predicted molar refractivity (Wildman–Crippen MR) is 94.9 cm³/mol. The van der Waals surface area contributed by atoms with Gasteiger partial charge in [-0.1, -0.05) is 25.1 Å². The van der Waals surface area contributed by atoms with Gasteiger partial charge in [0.25, 0.3) is 0 Å². The molecule has 24 heavy (non-hydrogen) atoms. The van der Waals surface area contributed by atoms with Crippen LogP contribution in [0.3, 0.4) is 0 Å². The quantitative estimate of drug-likeness (QED) is 0.826. The first-order chi connectivity index (χ1) is 11.5. The number of nitrogens with zero attached hydrogens (tertiary/aromatic N) is 3. The van der Waals surface area contributed by atoms with Crippen molar-refractivity contribution in [3.05, 3.63) is 40.9 Å². The van der Waals surface area contributed by atoms with Crippen LogP contribution >= 0.6 is 12.2 Å². The summed E-state index contributed by atoms with van der Waals surface area (Å²) in [6, 6.07) is 8.61. The van der Waals surface area contributed by atoms with Crippen LogP contribution in [0.25, 0.3) is 0 Å². The van der Waals surface area contributed by atoms with Gasteiger partial charge in [-0.3, -0.25) is 5.10 Å². The summed E-state index contributed by atoms with van der Waals surface area (Å²) in [5, 5.41) is 7.22. The Balaban J connectivity index is 1.86. The first kappa shape index (κ1) is 17.3. The lowest BCUT2D eigenvalue weighted by Crippen LogP contribution is -2.39. The van der Waals surface area contributed by atoms with E-state index in [0.29, 0.717) is 22.8 Å². The number of benzene rings is 1. The number of piperidine rings is 1. The van der Waals surface area contributed by atoms with Crippen molar-refractivity contribution in [2.24, 2.45) is 0 Å². The van der Waals surface area contributed by atoms with Crippen LogP contribution < -0.4 is 0 Å². The Morgan fingerprint density at radius 1 is 1.33 bits per heavy atom. The van der Waals surface area contributed by atoms with Gasteiger partial charge >= 0.3 is 0 Å². The lowest BCUT2D eigenvalue weighted by molar-refractivity contribution is 0.304. The van der Waals surface area contributed by atoms with Gasteiger partial charge in [0.05, 0.1) is 4.90 Å². The Kier molecular flexibility index (Phi) is 5.17. The number of aromatic nitrogens is 3. The molecule has 1 aromatic carbocycles. The lowest BCUT2D eigenvalue weighted by Gasteiger charge is -2.31. The maximum atomic E-state index is 12.9. The molecule has 6 nitrogen and oxygen atoms in total. The summed E-state index contributed by atoms with van der Waals surface area (Å²) < 4.78 is 29.9. The molecule has 0 bridgehead atoms. The van der Waals surface area contributed by atoms with Crippen molar-refractivity contribution in [1.82, 2.24) is 19.1 Å². The highest BCUT2D eigenvalue weighted by atomic mass is 32.2. The second kappa shape index (κ2) is 7.16. The van der Waals surface area contributed by atoms with Gasteiger partial charge in [0, 0.05) is 25.6 Å². The summed E-state index contributed by atoms with van der Waals surface area (Å²) in [6.07, 6.45) is 2.70. The minimum absolute atomic E-state index is 0.0664. The molecule has 1 fully saturated rings. The first-order valence-electron chi connectivity index (χ1n) is 8.24. The minimum atomic E-state index is -3.46. The number of H-pyrrole nitrogens is 1. The lowest BCUT2D eigenvalue weighted by atomic mass is 9.99. The van der Waals surface area contributed by atoms with Gasteiger partial charge in [-0.15, -0.1) is 0 Å². The van der Waals surface area contributed by atoms with Gasteiger partial charge in [-0.05, 0) is 43.6 Å². The molecule has 2 heterocycles. The van der Waals surface area contributed by atoms with Crippen LogP contribution in [0.15, 0.2) is 35.2 Å². The van der Waals surface area contributed by atoms with Crippen molar-refractivity contribution < 1.29 is 8.42 Å². The SMILES string of the molecule is CCCn1c([C@H]2CCCN(S(=O)(=O)c3ccccc3)C2)n[nH]c1=S. The molecule has 1 aliphatic heterocycles. The zero-order valence-electron chi connectivity index (χ0n) is 13.7. The van der Waals surface area contributed by atoms with Gasteiger partial charge in [-0.2, -0.15) is 9.40 Å². The highest BCUT2D eigenvalue weighted by molar-refractivity contribution is 7.89. The Morgan fingerprint density at radius 2 is 2.08 bits per heavy atom. The van der Waals surface area contributed by atoms with Crippen LogP contribution in [-0.2, 0) is 16.6 Å². The molecule has 0 radical (unpaired) electrons. The van der Waals surface area contributed by atoms with E-state index in [1.54, 1.807) is 28.6 Å². The normalized spacial score (nSPS) is 19.5. The van der Waals surface area contributed by atoms with Crippen LogP contribution in [0.2, 0.25) is 0 Å². The first-order valence-corrected chi connectivity index (χ1v) is 10.1. The molecule has 130 valence electrons. The van der Waals surface area contributed by atoms with Gasteiger partial charge in [0.1, 0.15) is 5.82 Å². The molecule has 1 atom stereocenters. The fourth-order valence-electron chi connectivity index (χ4n) is 3.19. The van der Waals surface area contributed by atoms with Crippen LogP contribution in [0.4, 0.5) is 0 Å². The van der Waals surface area contributed by atoms with E-state index in [1.807, 2.05) is 10.6 Å². The predicted octanol–water partition coefficient (Wildman–Crippen LogP) is 2.92. The molecular weight excluding hydrogens is 344 g/mol. The smallest absolute Gasteiger partial charge is 0.243 e. The van der Waals surface area contributed by atoms with E-state index in [2.05, 4.69) is 17.1 Å². The molecule has 1 saturated heterocycles. The standard InChI is InChI=1S/C16H22N4O2S2/c1-2-10-20-15(17-18-16(20)23)13-7-6-11-19(12-13)24(21,22)14-8-4-3-5-9-14/h3-5,8-9,13H,2,6-7,10-12H2,1H3,(H,18,23)/t13-/m0/s1. The van der Waals surface area contributed by atoms with Crippen molar-refractivity contribution in [1.29, 1.82) is 0 Å². The number of aromatic amines is 1. The van der Waals surface area contributed by atoms with E-state index in [-0.39, 0.29) is 5.92 Å². The maximum Gasteiger partial charge on any atom is 0.243 e. The number of hydrogen-bond donors (Lipinski definition) is 1. The Morgan fingerprint density at radius 3 is 2.79 bits per heavy atom. The largest absolute Gasteiger partial charge is 0.304 e. The third-order valence-corrected chi connectivity index (χ3v) is 6.56. The fraction of sp³-hybridized carbons (Fsp3) is 0.500. The molecule has 1 aliphatic rings. The van der Waals surface area contributed by atoms with Gasteiger partial charge in [0.15, 0.2) is 4.77 Å². The zero-order chi connectivity index (χ0) is 17.2. The second-order valence-corrected chi connectivity index (χ2v) is 8.38. The van der Waals surface area contributed by atoms with E-state index in [1.165, 1.54) is 0 Å². The molecule has 0 spiro atoms. The molecule has 1 aromatic heterocycles. The molecule has 0 saturated carbocycles. The van der Waals surface area contributed by atoms with E-state index in [9.17, 15) is 8.42 Å². The van der Waals surface area contributed by atoms with Crippen LogP contribution in [-0.4, -0.2) is 40.6 Å². The summed E-state index contributed by atoms with van der Waals surface area (Å²) >= 11 is 5.30. The van der Waals surface area contributed by atoms with Gasteiger partial charge in [0.2, 0.25) is 10.0 Å². The highest BCUT2D eigenvalue weighted by Crippen LogP contribution is 2.29. The summed E-state index contributed by atoms with van der Waals surface area (Å²) in [5.41, 5.74) is 0. The van der Waals surface area contributed by atoms with Crippen molar-refractivity contribution in [2.45, 2.75) is 43.5 Å². The third-order valence-electron chi connectivity index (χ3n) is 4.37. The Labute approximate surface area is 147 Å². The average molecular weight is 367 g/mol. The van der Waals surface area contributed by atoms with Crippen molar-refractivity contribution >= 4 is 22.2 Å². The molecule has 3 rings (SSSR count). The second-order valence-electron chi connectivity index (χ2n) is 6.05. The fourth-order valence-corrected chi connectivity index (χ4v) is 4.97. The van der Waals surface area contributed by atoms with Crippen LogP contribution in [0.1, 0.15) is 37.9 Å². The number of nitrogens with one attached hydrogen (secondary N) is 1. The average Bonchev–Trinajstić information content (AvgIpc) is 2.97. The maximum absolute atomic E-state index is 12.9. The molecular formula is C16H22N4O2S2. The molecule has 1 N–H and O–H groups in total. The molecule has 0 aliphatic carbocycles. The monoisotopic (exact) mass is 366 g/mol. The number of rotatable bonds is 5. The summed E-state index contributed by atoms with van der Waals surface area (Å²) in [7, 11) is -3.46. The van der Waals surface area contributed by atoms with Crippen LogP contribution in [0.5, 0.6) is 0 Å². The topological polar surface area (TPSA) is 71.0 Å². The van der Waals surface area contributed by atoms with Gasteiger partial charge in [-0.25, -0.2) is 8.42 Å². The highest BCUT2D eigenvalue weighted by Gasteiger charge is 2.32. The van der Waals surface area contributed by atoms with E-state index >= 15 is 0 Å². The van der Waals surface area contributed by atoms with E-state index < -0.39 is 10.0 Å². The minimum Gasteiger partial charge on any atom is -0.304 e. The zero-order valence-corrected chi connectivity index (χ0v) is 15.3. The van der Waals surface area contributed by atoms with E-state index in [0.717, 1.165) is 31.6 Å². The van der Waals surface area contributed by atoms with Crippen LogP contribution in [0, 0.1) is 4.77 Å². The summed E-state index contributed by atoms with van der Waals surface area (Å²) in [4.78, 5) is 0.345. The van der Waals surface area contributed by atoms with E-state index in [4.69, 9.17) is 12.2 Å². The molecule has 2 aromatic rings. The van der Waals surface area contributed by atoms with Gasteiger partial charge < -0.3 is 4.57 Å². The number of sulfonamides is 1. The summed E-state index contributed by atoms with van der Waals surface area (Å²) in [6.45, 7) is 3.88.